The van der Waals surface area contributed by atoms with Gasteiger partial charge in [-0.25, -0.2) is 0 Å². The number of anilines is 1. The Morgan fingerprint density at radius 1 is 1.17 bits per heavy atom. The second-order valence-corrected chi connectivity index (χ2v) is 7.71. The van der Waals surface area contributed by atoms with Gasteiger partial charge in [-0.3, -0.25) is 19.3 Å². The number of carbonyl (C=O) groups excluding carboxylic acids is 3. The van der Waals surface area contributed by atoms with E-state index in [4.69, 9.17) is 4.74 Å². The molecule has 2 unspecified atom stereocenters. The fourth-order valence-corrected chi connectivity index (χ4v) is 3.55. The fraction of sp³-hybridized carbons (Fsp3) is 0.609. The van der Waals surface area contributed by atoms with Crippen LogP contribution >= 0.6 is 0 Å². The first kappa shape index (κ1) is 22.9. The molecule has 0 aromatic heterocycles. The molecule has 1 aromatic carbocycles. The minimum absolute atomic E-state index is 0.0211. The molecule has 0 bridgehead atoms. The molecule has 0 radical (unpaired) electrons. The van der Waals surface area contributed by atoms with Crippen molar-refractivity contribution in [3.05, 3.63) is 23.8 Å². The number of unbranched alkanes of at least 4 members (excludes halogenated alkanes) is 2. The van der Waals surface area contributed by atoms with Crippen molar-refractivity contribution >= 4 is 23.3 Å². The maximum Gasteiger partial charge on any atom is 0.268 e. The summed E-state index contributed by atoms with van der Waals surface area (Å²) >= 11 is 0. The third kappa shape index (κ3) is 6.05. The molecule has 2 amide bonds. The van der Waals surface area contributed by atoms with Crippen molar-refractivity contribution in [1.29, 1.82) is 0 Å². The molecule has 2 rings (SSSR count). The number of carbonyl (C=O) groups is 3. The molecular weight excluding hydrogens is 368 g/mol. The number of rotatable bonds is 11. The van der Waals surface area contributed by atoms with E-state index in [9.17, 15) is 14.4 Å². The average Bonchev–Trinajstić information content (AvgIpc) is 2.70. The minimum atomic E-state index is -0.668. The van der Waals surface area contributed by atoms with Crippen molar-refractivity contribution in [2.24, 2.45) is 0 Å². The normalized spacial score (nSPS) is 16.8. The number of Topliss-reactive ketones (excluding diaryl/α,β-unsaturated/α-hetero) is 1. The average molecular weight is 403 g/mol. The summed E-state index contributed by atoms with van der Waals surface area (Å²) in [5, 5.41) is 3.06. The number of ketones is 1. The number of benzene rings is 1. The number of nitrogens with one attached hydrogen (secondary N) is 1. The van der Waals surface area contributed by atoms with Gasteiger partial charge in [0.15, 0.2) is 11.9 Å². The quantitative estimate of drug-likeness (QED) is 0.443. The summed E-state index contributed by atoms with van der Waals surface area (Å²) < 4.78 is 5.68. The van der Waals surface area contributed by atoms with Crippen LogP contribution in [0.3, 0.4) is 0 Å². The van der Waals surface area contributed by atoms with Gasteiger partial charge < -0.3 is 10.1 Å². The van der Waals surface area contributed by atoms with Crippen LogP contribution in [-0.4, -0.2) is 36.3 Å². The molecule has 1 aliphatic heterocycles. The van der Waals surface area contributed by atoms with Crippen molar-refractivity contribution in [3.8, 4) is 5.75 Å². The Morgan fingerprint density at radius 3 is 2.59 bits per heavy atom. The number of amides is 2. The largest absolute Gasteiger partial charge is 0.479 e. The molecule has 0 saturated carbocycles. The molecule has 2 atom stereocenters. The fourth-order valence-electron chi connectivity index (χ4n) is 3.55. The zero-order valence-electron chi connectivity index (χ0n) is 18.1. The van der Waals surface area contributed by atoms with Gasteiger partial charge in [-0.05, 0) is 44.4 Å². The van der Waals surface area contributed by atoms with Crippen molar-refractivity contribution in [2.45, 2.75) is 84.8 Å². The van der Waals surface area contributed by atoms with Gasteiger partial charge in [0.25, 0.3) is 5.91 Å². The van der Waals surface area contributed by atoms with Gasteiger partial charge in [0.2, 0.25) is 5.91 Å². The third-order valence-electron chi connectivity index (χ3n) is 5.28. The Balaban J connectivity index is 2.16. The molecule has 6 heteroatoms. The zero-order valence-corrected chi connectivity index (χ0v) is 18.1. The van der Waals surface area contributed by atoms with Gasteiger partial charge in [0.05, 0.1) is 5.69 Å². The number of ether oxygens (including phenoxy) is 1. The lowest BCUT2D eigenvalue weighted by molar-refractivity contribution is -0.128. The summed E-state index contributed by atoms with van der Waals surface area (Å²) in [6.07, 6.45) is 5.69. The first-order chi connectivity index (χ1) is 13.9. The van der Waals surface area contributed by atoms with Crippen molar-refractivity contribution in [1.82, 2.24) is 5.32 Å². The number of fused-ring (bicyclic) bond motifs is 1. The molecule has 160 valence electrons. The smallest absolute Gasteiger partial charge is 0.268 e. The number of nitrogens with zero attached hydrogens (tertiary/aromatic N) is 1. The lowest BCUT2D eigenvalue weighted by Gasteiger charge is -2.33. The molecule has 0 saturated heterocycles. The Bertz CT molecular complexity index is 732. The monoisotopic (exact) mass is 402 g/mol. The summed E-state index contributed by atoms with van der Waals surface area (Å²) in [5.41, 5.74) is 1.03. The molecule has 0 aliphatic carbocycles. The third-order valence-corrected chi connectivity index (χ3v) is 5.28. The SMILES string of the molecule is CCCCCC(CC)NC(=O)CN1C(=O)C(C)Oc2ccc(C(=O)CCC)cc21. The van der Waals surface area contributed by atoms with E-state index in [2.05, 4.69) is 19.2 Å². The van der Waals surface area contributed by atoms with Crippen molar-refractivity contribution < 1.29 is 19.1 Å². The maximum atomic E-state index is 12.7. The van der Waals surface area contributed by atoms with E-state index in [1.807, 2.05) is 6.92 Å². The second kappa shape index (κ2) is 11.0. The molecule has 0 spiro atoms. The van der Waals surface area contributed by atoms with E-state index in [1.165, 1.54) is 4.90 Å². The van der Waals surface area contributed by atoms with Crippen LogP contribution in [0.5, 0.6) is 5.75 Å². The van der Waals surface area contributed by atoms with E-state index in [0.29, 0.717) is 23.4 Å². The van der Waals surface area contributed by atoms with Gasteiger partial charge >= 0.3 is 0 Å². The topological polar surface area (TPSA) is 75.7 Å². The second-order valence-electron chi connectivity index (χ2n) is 7.71. The molecule has 29 heavy (non-hydrogen) atoms. The predicted molar refractivity (Wildman–Crippen MR) is 114 cm³/mol. The van der Waals surface area contributed by atoms with E-state index in [1.54, 1.807) is 25.1 Å². The Labute approximate surface area is 174 Å². The van der Waals surface area contributed by atoms with E-state index < -0.39 is 6.10 Å². The van der Waals surface area contributed by atoms with E-state index >= 15 is 0 Å². The standard InChI is InChI=1S/C23H34N2O4/c1-5-8-9-11-18(7-3)24-22(27)15-25-19-14-17(20(26)10-6-2)12-13-21(19)29-16(4)23(25)28/h12-14,16,18H,5-11,15H2,1-4H3,(H,24,27). The molecule has 6 nitrogen and oxygen atoms in total. The maximum absolute atomic E-state index is 12.7. The summed E-state index contributed by atoms with van der Waals surface area (Å²) in [7, 11) is 0. The first-order valence-electron chi connectivity index (χ1n) is 10.9. The molecule has 1 aliphatic rings. The highest BCUT2D eigenvalue weighted by molar-refractivity contribution is 6.05. The highest BCUT2D eigenvalue weighted by Gasteiger charge is 2.33. The van der Waals surface area contributed by atoms with Gasteiger partial charge in [-0.2, -0.15) is 0 Å². The van der Waals surface area contributed by atoms with Gasteiger partial charge in [0, 0.05) is 18.0 Å². The highest BCUT2D eigenvalue weighted by atomic mass is 16.5. The first-order valence-corrected chi connectivity index (χ1v) is 10.9. The van der Waals surface area contributed by atoms with Gasteiger partial charge in [0.1, 0.15) is 12.3 Å². The van der Waals surface area contributed by atoms with Crippen LogP contribution in [0.2, 0.25) is 0 Å². The summed E-state index contributed by atoms with van der Waals surface area (Å²) in [4.78, 5) is 39.2. The van der Waals surface area contributed by atoms with Gasteiger partial charge in [-0.1, -0.05) is 40.0 Å². The predicted octanol–water partition coefficient (Wildman–Crippen LogP) is 4.26. The Hall–Kier alpha value is -2.37. The molecule has 1 N–H and O–H groups in total. The zero-order chi connectivity index (χ0) is 21.4. The lowest BCUT2D eigenvalue weighted by Crippen LogP contribution is -2.50. The van der Waals surface area contributed by atoms with Crippen molar-refractivity contribution in [2.75, 3.05) is 11.4 Å². The van der Waals surface area contributed by atoms with E-state index in [0.717, 1.165) is 38.5 Å². The van der Waals surface area contributed by atoms with Gasteiger partial charge in [-0.15, -0.1) is 0 Å². The summed E-state index contributed by atoms with van der Waals surface area (Å²) in [6, 6.07) is 5.21. The molecule has 1 aromatic rings. The summed E-state index contributed by atoms with van der Waals surface area (Å²) in [5.74, 6) is 0.0829. The number of hydrogen-bond acceptors (Lipinski definition) is 4. The van der Waals surface area contributed by atoms with Crippen LogP contribution in [0.15, 0.2) is 18.2 Å². The summed E-state index contributed by atoms with van der Waals surface area (Å²) in [6.45, 7) is 7.76. The van der Waals surface area contributed by atoms with Crippen LogP contribution in [0.1, 0.15) is 83.0 Å². The molecule has 0 fully saturated rings. The molecule has 1 heterocycles. The van der Waals surface area contributed by atoms with Crippen LogP contribution in [0.25, 0.3) is 0 Å². The van der Waals surface area contributed by atoms with Crippen LogP contribution < -0.4 is 15.0 Å². The van der Waals surface area contributed by atoms with E-state index in [-0.39, 0.29) is 30.2 Å². The molecular formula is C23H34N2O4. The Kier molecular flexibility index (Phi) is 8.68. The van der Waals surface area contributed by atoms with Crippen LogP contribution in [-0.2, 0) is 9.59 Å². The highest BCUT2D eigenvalue weighted by Crippen LogP contribution is 2.35. The van der Waals surface area contributed by atoms with Crippen molar-refractivity contribution in [3.63, 3.8) is 0 Å². The lowest BCUT2D eigenvalue weighted by atomic mass is 10.0. The Morgan fingerprint density at radius 2 is 1.93 bits per heavy atom. The van der Waals surface area contributed by atoms with Crippen LogP contribution in [0, 0.1) is 0 Å². The minimum Gasteiger partial charge on any atom is -0.479 e. The van der Waals surface area contributed by atoms with Crippen LogP contribution in [0.4, 0.5) is 5.69 Å². The number of hydrogen-bond donors (Lipinski definition) is 1.